The van der Waals surface area contributed by atoms with E-state index in [4.69, 9.17) is 0 Å². The third-order valence-corrected chi connectivity index (χ3v) is 3.95. The van der Waals surface area contributed by atoms with Crippen molar-refractivity contribution >= 4 is 11.4 Å². The number of hydrogen-bond donors (Lipinski definition) is 1. The van der Waals surface area contributed by atoms with Gasteiger partial charge in [-0.1, -0.05) is 42.5 Å². The van der Waals surface area contributed by atoms with Crippen molar-refractivity contribution in [3.63, 3.8) is 0 Å². The average Bonchev–Trinajstić information content (AvgIpc) is 2.66. The van der Waals surface area contributed by atoms with Crippen LogP contribution in [0.4, 0.5) is 11.4 Å². The van der Waals surface area contributed by atoms with Crippen LogP contribution in [0.5, 0.6) is 0 Å². The molecular weight excluding hydrogens is 347 g/mol. The molecule has 0 bridgehead atoms. The molecule has 1 N–H and O–H groups in total. The fourth-order valence-corrected chi connectivity index (χ4v) is 2.88. The van der Waals surface area contributed by atoms with Crippen molar-refractivity contribution in [2.24, 2.45) is 0 Å². The van der Waals surface area contributed by atoms with E-state index in [1.807, 2.05) is 0 Å². The molecule has 19 heavy (non-hydrogen) atoms. The number of quaternary nitrogens is 1. The summed E-state index contributed by atoms with van der Waals surface area (Å²) in [5, 5.41) is 0. The van der Waals surface area contributed by atoms with E-state index in [1.165, 1.54) is 21.8 Å². The normalized spacial score (nSPS) is 20.8. The Hall–Kier alpha value is -1.07. The van der Waals surface area contributed by atoms with Gasteiger partial charge in [-0.15, -0.1) is 0 Å². The molecule has 0 fully saturated rings. The van der Waals surface area contributed by atoms with E-state index in [1.54, 1.807) is 0 Å². The second kappa shape index (κ2) is 5.92. The zero-order valence-electron chi connectivity index (χ0n) is 11.3. The van der Waals surface area contributed by atoms with Crippen LogP contribution in [0.25, 0.3) is 0 Å². The fourth-order valence-electron chi connectivity index (χ4n) is 2.88. The highest BCUT2D eigenvalue weighted by atomic mass is 127. The summed E-state index contributed by atoms with van der Waals surface area (Å²) < 4.78 is 0. The molecule has 0 aromatic heterocycles. The molecule has 1 heterocycles. The first-order valence-corrected chi connectivity index (χ1v) is 6.47. The van der Waals surface area contributed by atoms with Gasteiger partial charge >= 0.3 is 0 Å². The molecule has 1 aliphatic heterocycles. The van der Waals surface area contributed by atoms with Crippen LogP contribution in [-0.2, 0) is 6.42 Å². The summed E-state index contributed by atoms with van der Waals surface area (Å²) >= 11 is 0. The summed E-state index contributed by atoms with van der Waals surface area (Å²) in [6.45, 7) is 0. The number of nitrogens with one attached hydrogen (secondary N) is 1. The lowest BCUT2D eigenvalue weighted by Gasteiger charge is -2.23. The Bertz CT molecular complexity index is 512. The van der Waals surface area contributed by atoms with Crippen LogP contribution in [0.1, 0.15) is 5.56 Å². The van der Waals surface area contributed by atoms with Gasteiger partial charge in [0.1, 0.15) is 5.69 Å². The van der Waals surface area contributed by atoms with E-state index in [-0.39, 0.29) is 24.0 Å². The quantitative estimate of drug-likeness (QED) is 0.661. The van der Waals surface area contributed by atoms with Gasteiger partial charge in [-0.25, -0.2) is 0 Å². The Morgan fingerprint density at radius 2 is 1.63 bits per heavy atom. The molecule has 0 aliphatic carbocycles. The molecule has 0 saturated carbocycles. The van der Waals surface area contributed by atoms with Gasteiger partial charge < -0.3 is 28.9 Å². The molecule has 3 rings (SSSR count). The predicted octanol–water partition coefficient (Wildman–Crippen LogP) is -1.14. The van der Waals surface area contributed by atoms with Crippen LogP contribution in [0.15, 0.2) is 54.6 Å². The first-order chi connectivity index (χ1) is 8.77. The summed E-state index contributed by atoms with van der Waals surface area (Å²) in [5.74, 6) is 0. The highest BCUT2D eigenvalue weighted by Gasteiger charge is 2.35. The monoisotopic (exact) mass is 366 g/mol. The molecule has 2 unspecified atom stereocenters. The molecule has 0 spiro atoms. The highest BCUT2D eigenvalue weighted by molar-refractivity contribution is 5.65. The molecule has 2 aromatic rings. The molecule has 0 saturated heterocycles. The van der Waals surface area contributed by atoms with Crippen LogP contribution in [0.3, 0.4) is 0 Å². The molecule has 2 atom stereocenters. The summed E-state index contributed by atoms with van der Waals surface area (Å²) in [7, 11) is 4.46. The second-order valence-electron chi connectivity index (χ2n) is 5.02. The number of nitrogens with zero attached hydrogens (tertiary/aromatic N) is 1. The standard InChI is InChI=1S/C16H18N2.HI/c1-17-14-10-6-7-11-15(14)18(2)16(17)12-13-8-4-3-5-9-13;/h3-11,16H,12H2,1-2H3;1H. The number of likely N-dealkylation sites (N-methyl/N-ethyl adjacent to an activating group) is 2. The largest absolute Gasteiger partial charge is 1.00 e. The van der Waals surface area contributed by atoms with Crippen molar-refractivity contribution in [1.29, 1.82) is 0 Å². The van der Waals surface area contributed by atoms with Gasteiger partial charge in [0.05, 0.1) is 7.05 Å². The van der Waals surface area contributed by atoms with Crippen molar-refractivity contribution in [3.05, 3.63) is 60.2 Å². The van der Waals surface area contributed by atoms with E-state index in [0.717, 1.165) is 6.42 Å². The summed E-state index contributed by atoms with van der Waals surface area (Å²) in [6.07, 6.45) is 1.57. The van der Waals surface area contributed by atoms with Gasteiger partial charge in [-0.05, 0) is 11.6 Å². The fraction of sp³-hybridized carbons (Fsp3) is 0.250. The third kappa shape index (κ3) is 2.62. The van der Waals surface area contributed by atoms with Crippen molar-refractivity contribution in [3.8, 4) is 0 Å². The van der Waals surface area contributed by atoms with E-state index >= 15 is 0 Å². The molecule has 2 aromatic carbocycles. The maximum atomic E-state index is 2.40. The number of hydrogen-bond acceptors (Lipinski definition) is 1. The van der Waals surface area contributed by atoms with Gasteiger partial charge in [0.25, 0.3) is 0 Å². The van der Waals surface area contributed by atoms with E-state index in [2.05, 4.69) is 73.6 Å². The predicted molar refractivity (Wildman–Crippen MR) is 75.3 cm³/mol. The minimum Gasteiger partial charge on any atom is -1.00 e. The molecule has 3 heteroatoms. The van der Waals surface area contributed by atoms with E-state index < -0.39 is 0 Å². The maximum absolute atomic E-state index is 2.40. The van der Waals surface area contributed by atoms with Crippen molar-refractivity contribution in [1.82, 2.24) is 0 Å². The molecule has 100 valence electrons. The van der Waals surface area contributed by atoms with E-state index in [9.17, 15) is 0 Å². The van der Waals surface area contributed by atoms with Crippen LogP contribution < -0.4 is 33.8 Å². The summed E-state index contributed by atoms with van der Waals surface area (Å²) in [5.41, 5.74) is 4.17. The van der Waals surface area contributed by atoms with Crippen LogP contribution in [0.2, 0.25) is 0 Å². The van der Waals surface area contributed by atoms with Gasteiger partial charge in [0.15, 0.2) is 11.9 Å². The number of rotatable bonds is 2. The van der Waals surface area contributed by atoms with Crippen molar-refractivity contribution in [2.75, 3.05) is 19.0 Å². The average molecular weight is 366 g/mol. The number of halogens is 1. The molecule has 1 aliphatic rings. The van der Waals surface area contributed by atoms with E-state index in [0.29, 0.717) is 6.17 Å². The Morgan fingerprint density at radius 1 is 1.00 bits per heavy atom. The SMILES string of the molecule is CN1c2ccccc2[NH+](C)C1Cc1ccccc1.[I-]. The Balaban J connectivity index is 0.00000133. The number of para-hydroxylation sites is 2. The minimum atomic E-state index is 0. The first-order valence-electron chi connectivity index (χ1n) is 6.47. The Kier molecular flexibility index (Phi) is 4.47. The number of benzene rings is 2. The summed E-state index contributed by atoms with van der Waals surface area (Å²) in [4.78, 5) is 3.88. The Morgan fingerprint density at radius 3 is 2.32 bits per heavy atom. The number of fused-ring (bicyclic) bond motifs is 1. The van der Waals surface area contributed by atoms with Crippen LogP contribution in [0, 0.1) is 0 Å². The first kappa shape index (κ1) is 14.3. The van der Waals surface area contributed by atoms with Crippen LogP contribution in [-0.4, -0.2) is 20.3 Å². The topological polar surface area (TPSA) is 7.68 Å². The van der Waals surface area contributed by atoms with Gasteiger partial charge in [-0.2, -0.15) is 0 Å². The lowest BCUT2D eigenvalue weighted by molar-refractivity contribution is -0.831. The van der Waals surface area contributed by atoms with Gasteiger partial charge in [0, 0.05) is 19.5 Å². The summed E-state index contributed by atoms with van der Waals surface area (Å²) in [6, 6.07) is 19.4. The minimum absolute atomic E-state index is 0. The number of anilines is 1. The van der Waals surface area contributed by atoms with Crippen molar-refractivity contribution < 1.29 is 28.9 Å². The molecule has 0 radical (unpaired) electrons. The molecular formula is C16H19IN2. The second-order valence-corrected chi connectivity index (χ2v) is 5.02. The smallest absolute Gasteiger partial charge is 0.171 e. The lowest BCUT2D eigenvalue weighted by Crippen LogP contribution is -3.08. The van der Waals surface area contributed by atoms with Crippen LogP contribution >= 0.6 is 0 Å². The lowest BCUT2D eigenvalue weighted by atomic mass is 10.1. The molecule has 0 amide bonds. The zero-order valence-corrected chi connectivity index (χ0v) is 13.5. The van der Waals surface area contributed by atoms with Gasteiger partial charge in [-0.3, -0.25) is 4.90 Å². The maximum Gasteiger partial charge on any atom is 0.171 e. The van der Waals surface area contributed by atoms with Crippen molar-refractivity contribution in [2.45, 2.75) is 12.6 Å². The third-order valence-electron chi connectivity index (χ3n) is 3.95. The van der Waals surface area contributed by atoms with Gasteiger partial charge in [0.2, 0.25) is 0 Å². The zero-order chi connectivity index (χ0) is 12.5. The Labute approximate surface area is 132 Å². The molecule has 2 nitrogen and oxygen atoms in total. The highest BCUT2D eigenvalue weighted by Crippen LogP contribution is 2.28.